The van der Waals surface area contributed by atoms with E-state index in [1.54, 1.807) is 84.9 Å². The highest BCUT2D eigenvalue weighted by Gasteiger charge is 2.14. The lowest BCUT2D eigenvalue weighted by Crippen LogP contribution is -2.28. The number of nitrogens with zero attached hydrogens (tertiary/aromatic N) is 1. The lowest BCUT2D eigenvalue weighted by Gasteiger charge is -2.18. The summed E-state index contributed by atoms with van der Waals surface area (Å²) in [5, 5.41) is 32.3. The summed E-state index contributed by atoms with van der Waals surface area (Å²) < 4.78 is 31.6. The molecule has 360 valence electrons. The maximum atomic E-state index is 12.7. The van der Waals surface area contributed by atoms with Gasteiger partial charge >= 0.3 is 22.5 Å². The molecule has 19 nitrogen and oxygen atoms in total. The summed E-state index contributed by atoms with van der Waals surface area (Å²) in [6.07, 6.45) is 1.99. The Bertz CT molecular complexity index is 3010. The fourth-order valence-corrected chi connectivity index (χ4v) is 7.23. The van der Waals surface area contributed by atoms with Crippen molar-refractivity contribution in [3.8, 4) is 6.07 Å². The summed E-state index contributed by atoms with van der Waals surface area (Å²) in [4.78, 5) is 60.9. The Hall–Kier alpha value is -8.45. The molecule has 70 heavy (non-hydrogen) atoms. The van der Waals surface area contributed by atoms with Gasteiger partial charge in [-0.05, 0) is 156 Å². The standard InChI is InChI=1S/C25H25N5O3.C25H23N5O2.H2O4S/c26-23(31)18-5-7-21(8-6-18)30-25(33)28-14-16-2-1-3-19(12-16)24(32)29-22-9-4-17-10-11-27-15-20(17)13-22;26-14-17-4-7-22(8-5-17)30-25(32)28-15-18-2-1-3-20(12-18)24(31)29-23-9-6-19-10-11-27-16-21(19)13-23;1-5(2,3)4/h1-9,12-13,27H,10-11,14-15H2,(H2,26,31)(H,29,32)(H2,28,30,33);1-9,12-13,27H,10-11,15-16H2,(H,29,31)(H2,28,30,32);(H2,1,2,3,4). The van der Waals surface area contributed by atoms with Crippen molar-refractivity contribution in [2.75, 3.05) is 34.4 Å². The van der Waals surface area contributed by atoms with Gasteiger partial charge in [0.25, 0.3) is 11.8 Å². The average molecular weight is 967 g/mol. The van der Waals surface area contributed by atoms with Gasteiger partial charge in [-0.2, -0.15) is 13.7 Å². The Morgan fingerprint density at radius 2 is 0.957 bits per heavy atom. The van der Waals surface area contributed by atoms with Crippen molar-refractivity contribution in [2.45, 2.75) is 39.0 Å². The minimum absolute atomic E-state index is 0.197. The van der Waals surface area contributed by atoms with Crippen LogP contribution in [0.1, 0.15) is 70.0 Å². The van der Waals surface area contributed by atoms with E-state index < -0.39 is 22.3 Å². The number of nitrogens with two attached hydrogens (primary N) is 1. The number of urea groups is 2. The van der Waals surface area contributed by atoms with Crippen LogP contribution in [0.5, 0.6) is 0 Å². The molecular weight excluding hydrogens is 917 g/mol. The maximum Gasteiger partial charge on any atom is 0.394 e. The fourth-order valence-electron chi connectivity index (χ4n) is 7.23. The third kappa shape index (κ3) is 16.4. The fraction of sp³-hybridized carbons (Fsp3) is 0.160. The molecule has 0 aromatic heterocycles. The molecule has 0 unspecified atom stereocenters. The van der Waals surface area contributed by atoms with Crippen LogP contribution in [0.2, 0.25) is 0 Å². The van der Waals surface area contributed by atoms with E-state index >= 15 is 0 Å². The number of amides is 7. The Morgan fingerprint density at radius 3 is 1.37 bits per heavy atom. The largest absolute Gasteiger partial charge is 0.394 e. The van der Waals surface area contributed by atoms with Crippen LogP contribution in [0.4, 0.5) is 32.3 Å². The van der Waals surface area contributed by atoms with Crippen molar-refractivity contribution in [2.24, 2.45) is 5.73 Å². The number of primary amides is 1. The minimum Gasteiger partial charge on any atom is -0.366 e. The maximum absolute atomic E-state index is 12.7. The van der Waals surface area contributed by atoms with E-state index in [1.165, 1.54) is 22.3 Å². The second-order valence-corrected chi connectivity index (χ2v) is 16.7. The lowest BCUT2D eigenvalue weighted by atomic mass is 10.0. The van der Waals surface area contributed by atoms with E-state index in [-0.39, 0.29) is 30.9 Å². The first kappa shape index (κ1) is 51.0. The molecule has 8 rings (SSSR count). The Balaban J connectivity index is 0.000000210. The SMILES string of the molecule is N#Cc1ccc(NC(=O)NCc2cccc(C(=O)Nc3ccc4c(c3)CNCC4)c2)cc1.NC(=O)c1ccc(NC(=O)NCc2cccc(C(=O)Nc3ccc4c(c3)CNCC4)c2)cc1.O=S(=O)(O)O. The predicted octanol–water partition coefficient (Wildman–Crippen LogP) is 6.13. The molecule has 12 N–H and O–H groups in total. The topological polar surface area (TPSA) is 306 Å². The molecule has 0 radical (unpaired) electrons. The summed E-state index contributed by atoms with van der Waals surface area (Å²) in [5.74, 6) is -0.935. The highest BCUT2D eigenvalue weighted by atomic mass is 32.3. The van der Waals surface area contributed by atoms with Gasteiger partial charge in [-0.3, -0.25) is 23.5 Å². The number of rotatable bonds is 11. The Morgan fingerprint density at radius 1 is 0.543 bits per heavy atom. The van der Waals surface area contributed by atoms with E-state index in [0.29, 0.717) is 33.6 Å². The van der Waals surface area contributed by atoms with Crippen LogP contribution in [-0.4, -0.2) is 60.4 Å². The molecule has 2 aliphatic rings. The van der Waals surface area contributed by atoms with Gasteiger partial charge in [0.15, 0.2) is 0 Å². The summed E-state index contributed by atoms with van der Waals surface area (Å²) >= 11 is 0. The van der Waals surface area contributed by atoms with Crippen molar-refractivity contribution in [3.05, 3.63) is 189 Å². The Kier molecular flexibility index (Phi) is 17.9. The zero-order chi connectivity index (χ0) is 50.0. The first-order valence-corrected chi connectivity index (χ1v) is 23.1. The molecule has 0 aliphatic carbocycles. The van der Waals surface area contributed by atoms with E-state index in [2.05, 4.69) is 54.7 Å². The number of fused-ring (bicyclic) bond motifs is 2. The number of carbonyl (C=O) groups is 5. The zero-order valence-electron chi connectivity index (χ0n) is 37.5. The third-order valence-electron chi connectivity index (χ3n) is 10.7. The van der Waals surface area contributed by atoms with E-state index in [4.69, 9.17) is 28.5 Å². The summed E-state index contributed by atoms with van der Waals surface area (Å²) in [7, 11) is -4.67. The molecule has 20 heteroatoms. The number of benzene rings is 6. The normalized spacial score (nSPS) is 12.2. The molecule has 2 heterocycles. The van der Waals surface area contributed by atoms with Gasteiger partial charge in [-0.1, -0.05) is 36.4 Å². The van der Waals surface area contributed by atoms with Crippen LogP contribution >= 0.6 is 0 Å². The van der Waals surface area contributed by atoms with Crippen LogP contribution in [-0.2, 0) is 49.4 Å². The van der Waals surface area contributed by atoms with Crippen molar-refractivity contribution < 1.29 is 41.5 Å². The van der Waals surface area contributed by atoms with Crippen LogP contribution in [0, 0.1) is 11.3 Å². The highest BCUT2D eigenvalue weighted by molar-refractivity contribution is 7.79. The third-order valence-corrected chi connectivity index (χ3v) is 10.7. The van der Waals surface area contributed by atoms with Crippen LogP contribution < -0.4 is 48.3 Å². The van der Waals surface area contributed by atoms with Crippen LogP contribution in [0.25, 0.3) is 0 Å². The average Bonchev–Trinajstić information content (AvgIpc) is 3.35. The molecule has 0 spiro atoms. The summed E-state index contributed by atoms with van der Waals surface area (Å²) in [6.45, 7) is 4.08. The van der Waals surface area contributed by atoms with Crippen LogP contribution in [0.15, 0.2) is 133 Å². The van der Waals surface area contributed by atoms with Gasteiger partial charge in [0.1, 0.15) is 0 Å². The molecule has 6 aromatic rings. The highest BCUT2D eigenvalue weighted by Crippen LogP contribution is 2.22. The van der Waals surface area contributed by atoms with Gasteiger partial charge in [0, 0.05) is 65.6 Å². The van der Waals surface area contributed by atoms with Gasteiger partial charge in [0.2, 0.25) is 5.91 Å². The Labute approximate surface area is 403 Å². The zero-order valence-corrected chi connectivity index (χ0v) is 38.4. The summed E-state index contributed by atoms with van der Waals surface area (Å²) in [6, 6.07) is 40.4. The quantitative estimate of drug-likeness (QED) is 0.0654. The van der Waals surface area contributed by atoms with E-state index in [1.807, 2.05) is 42.5 Å². The summed E-state index contributed by atoms with van der Waals surface area (Å²) in [5.41, 5.74) is 16.4. The molecule has 6 aromatic carbocycles. The molecule has 0 fully saturated rings. The van der Waals surface area contributed by atoms with E-state index in [9.17, 15) is 24.0 Å². The number of nitrogens with one attached hydrogen (secondary N) is 8. The number of carbonyl (C=O) groups excluding carboxylic acids is 5. The molecule has 2 aliphatic heterocycles. The predicted molar refractivity (Wildman–Crippen MR) is 265 cm³/mol. The second-order valence-electron chi connectivity index (χ2n) is 15.8. The van der Waals surface area contributed by atoms with Gasteiger partial charge < -0.3 is 48.3 Å². The van der Waals surface area contributed by atoms with Crippen molar-refractivity contribution >= 4 is 62.9 Å². The van der Waals surface area contributed by atoms with Crippen molar-refractivity contribution in [3.63, 3.8) is 0 Å². The number of nitriles is 1. The molecule has 0 saturated carbocycles. The van der Waals surface area contributed by atoms with Crippen LogP contribution in [0.3, 0.4) is 0 Å². The monoisotopic (exact) mass is 966 g/mol. The van der Waals surface area contributed by atoms with Crippen molar-refractivity contribution in [1.29, 1.82) is 5.26 Å². The first-order valence-electron chi connectivity index (χ1n) is 21.7. The molecular formula is C50H50N10O9S. The second kappa shape index (κ2) is 24.5. The molecule has 0 bridgehead atoms. The van der Waals surface area contributed by atoms with E-state index in [0.717, 1.165) is 61.5 Å². The first-order chi connectivity index (χ1) is 33.6. The molecule has 7 amide bonds. The number of hydrogen-bond donors (Lipinski definition) is 11. The smallest absolute Gasteiger partial charge is 0.366 e. The molecule has 0 atom stereocenters. The van der Waals surface area contributed by atoms with Crippen molar-refractivity contribution in [1.82, 2.24) is 21.3 Å². The number of hydrogen-bond acceptors (Lipinski definition) is 10. The number of anilines is 4. The van der Waals surface area contributed by atoms with Gasteiger partial charge in [-0.25, -0.2) is 9.59 Å². The van der Waals surface area contributed by atoms with Gasteiger partial charge in [0.05, 0.1) is 11.6 Å². The van der Waals surface area contributed by atoms with Gasteiger partial charge in [-0.15, -0.1) is 0 Å². The lowest BCUT2D eigenvalue weighted by molar-refractivity contribution is 0.0996. The molecule has 0 saturated heterocycles. The minimum atomic E-state index is -4.67.